The van der Waals surface area contributed by atoms with Crippen LogP contribution < -0.4 is 14.8 Å². The fourth-order valence-electron chi connectivity index (χ4n) is 1.44. The summed E-state index contributed by atoms with van der Waals surface area (Å²) in [4.78, 5) is 0. The highest BCUT2D eigenvalue weighted by Crippen LogP contribution is 2.33. The highest BCUT2D eigenvalue weighted by Gasteiger charge is 2.09. The van der Waals surface area contributed by atoms with Gasteiger partial charge in [-0.05, 0) is 38.6 Å². The van der Waals surface area contributed by atoms with Gasteiger partial charge >= 0.3 is 0 Å². The molecule has 0 atom stereocenters. The van der Waals surface area contributed by atoms with Gasteiger partial charge in [-0.1, -0.05) is 15.9 Å². The van der Waals surface area contributed by atoms with Gasteiger partial charge in [0.25, 0.3) is 0 Å². The average Bonchev–Trinajstić information content (AvgIpc) is 2.25. The maximum absolute atomic E-state index is 5.56. The lowest BCUT2D eigenvalue weighted by Gasteiger charge is -2.14. The Morgan fingerprint density at radius 2 is 1.69 bits per heavy atom. The van der Waals surface area contributed by atoms with Crippen LogP contribution >= 0.6 is 15.9 Å². The minimum atomic E-state index is 0.637. The summed E-state index contributed by atoms with van der Waals surface area (Å²) in [6.45, 7) is 6.01. The Balaban J connectivity index is 3.03. The minimum Gasteiger partial charge on any atom is -0.490 e. The molecular weight excluding hydrogens is 270 g/mol. The number of nitrogens with one attached hydrogen (secondary N) is 1. The topological polar surface area (TPSA) is 30.5 Å². The van der Waals surface area contributed by atoms with Crippen LogP contribution in [0.15, 0.2) is 16.6 Å². The Kier molecular flexibility index (Phi) is 5.63. The number of benzene rings is 1. The molecule has 0 spiro atoms. The quantitative estimate of drug-likeness (QED) is 0.873. The third-order valence-corrected chi connectivity index (χ3v) is 2.82. The van der Waals surface area contributed by atoms with Crippen LogP contribution in [0.1, 0.15) is 19.4 Å². The largest absolute Gasteiger partial charge is 0.490 e. The van der Waals surface area contributed by atoms with Crippen molar-refractivity contribution in [2.75, 3.05) is 20.3 Å². The molecule has 0 unspecified atom stereocenters. The van der Waals surface area contributed by atoms with Gasteiger partial charge in [-0.25, -0.2) is 0 Å². The molecule has 0 fully saturated rings. The highest BCUT2D eigenvalue weighted by molar-refractivity contribution is 9.10. The van der Waals surface area contributed by atoms with Crippen molar-refractivity contribution in [2.24, 2.45) is 0 Å². The fraction of sp³-hybridized carbons (Fsp3) is 0.500. The molecule has 3 nitrogen and oxygen atoms in total. The first-order valence-electron chi connectivity index (χ1n) is 5.45. The Labute approximate surface area is 105 Å². The molecule has 1 aromatic carbocycles. The van der Waals surface area contributed by atoms with Crippen LogP contribution in [0.2, 0.25) is 0 Å². The SMILES string of the molecule is CCOc1cc(Br)c(CNC)cc1OCC. The van der Waals surface area contributed by atoms with Crippen molar-refractivity contribution >= 4 is 15.9 Å². The molecule has 0 radical (unpaired) electrons. The van der Waals surface area contributed by atoms with E-state index in [4.69, 9.17) is 9.47 Å². The molecule has 0 bridgehead atoms. The minimum absolute atomic E-state index is 0.637. The van der Waals surface area contributed by atoms with E-state index >= 15 is 0 Å². The first-order valence-corrected chi connectivity index (χ1v) is 6.24. The Morgan fingerprint density at radius 3 is 2.19 bits per heavy atom. The lowest BCUT2D eigenvalue weighted by atomic mass is 10.2. The predicted octanol–water partition coefficient (Wildman–Crippen LogP) is 2.97. The summed E-state index contributed by atoms with van der Waals surface area (Å²) in [5.41, 5.74) is 1.16. The maximum Gasteiger partial charge on any atom is 0.162 e. The van der Waals surface area contributed by atoms with E-state index in [0.717, 1.165) is 28.1 Å². The van der Waals surface area contributed by atoms with Crippen molar-refractivity contribution in [1.29, 1.82) is 0 Å². The zero-order chi connectivity index (χ0) is 12.0. The van der Waals surface area contributed by atoms with Crippen LogP contribution in [0.4, 0.5) is 0 Å². The zero-order valence-electron chi connectivity index (χ0n) is 9.97. The van der Waals surface area contributed by atoms with E-state index in [1.165, 1.54) is 0 Å². The van der Waals surface area contributed by atoms with E-state index in [1.54, 1.807) is 0 Å². The van der Waals surface area contributed by atoms with E-state index in [9.17, 15) is 0 Å². The molecule has 0 aliphatic rings. The summed E-state index contributed by atoms with van der Waals surface area (Å²) in [5, 5.41) is 3.12. The lowest BCUT2D eigenvalue weighted by Crippen LogP contribution is -2.07. The number of rotatable bonds is 6. The number of hydrogen-bond acceptors (Lipinski definition) is 3. The fourth-order valence-corrected chi connectivity index (χ4v) is 1.90. The van der Waals surface area contributed by atoms with Gasteiger partial charge in [-0.15, -0.1) is 0 Å². The van der Waals surface area contributed by atoms with E-state index in [1.807, 2.05) is 33.0 Å². The maximum atomic E-state index is 5.56. The molecule has 90 valence electrons. The lowest BCUT2D eigenvalue weighted by molar-refractivity contribution is 0.287. The smallest absolute Gasteiger partial charge is 0.162 e. The molecule has 0 heterocycles. The van der Waals surface area contributed by atoms with Gasteiger partial charge in [0.15, 0.2) is 11.5 Å². The summed E-state index contributed by atoms with van der Waals surface area (Å²) in [7, 11) is 1.92. The summed E-state index contributed by atoms with van der Waals surface area (Å²) < 4.78 is 12.1. The van der Waals surface area contributed by atoms with Gasteiger partial charge in [0.05, 0.1) is 13.2 Å². The molecule has 1 N–H and O–H groups in total. The van der Waals surface area contributed by atoms with Crippen LogP contribution in [0.25, 0.3) is 0 Å². The van der Waals surface area contributed by atoms with Gasteiger partial charge in [-0.2, -0.15) is 0 Å². The molecule has 0 amide bonds. The Hall–Kier alpha value is -0.740. The van der Waals surface area contributed by atoms with Gasteiger partial charge in [-0.3, -0.25) is 0 Å². The number of hydrogen-bond donors (Lipinski definition) is 1. The highest BCUT2D eigenvalue weighted by atomic mass is 79.9. The third-order valence-electron chi connectivity index (χ3n) is 2.08. The average molecular weight is 288 g/mol. The number of ether oxygens (including phenoxy) is 2. The van der Waals surface area contributed by atoms with Gasteiger partial charge < -0.3 is 14.8 Å². The van der Waals surface area contributed by atoms with Gasteiger partial charge in [0.2, 0.25) is 0 Å². The normalized spacial score (nSPS) is 10.2. The summed E-state index contributed by atoms with van der Waals surface area (Å²) in [6, 6.07) is 3.97. The zero-order valence-corrected chi connectivity index (χ0v) is 11.6. The molecule has 4 heteroatoms. The molecule has 0 saturated carbocycles. The second-order valence-corrected chi connectivity index (χ2v) is 4.14. The Morgan fingerprint density at radius 1 is 1.12 bits per heavy atom. The summed E-state index contributed by atoms with van der Waals surface area (Å²) >= 11 is 3.53. The molecule has 0 saturated heterocycles. The standard InChI is InChI=1S/C12H18BrNO2/c1-4-15-11-6-9(8-14-3)10(13)7-12(11)16-5-2/h6-7,14H,4-5,8H2,1-3H3. The molecule has 16 heavy (non-hydrogen) atoms. The molecule has 1 aromatic rings. The van der Waals surface area contributed by atoms with Crippen molar-refractivity contribution < 1.29 is 9.47 Å². The first-order chi connectivity index (χ1) is 7.72. The van der Waals surface area contributed by atoms with Crippen molar-refractivity contribution in [3.63, 3.8) is 0 Å². The monoisotopic (exact) mass is 287 g/mol. The van der Waals surface area contributed by atoms with Crippen molar-refractivity contribution in [2.45, 2.75) is 20.4 Å². The van der Waals surface area contributed by atoms with Crippen LogP contribution in [0.3, 0.4) is 0 Å². The summed E-state index contributed by atoms with van der Waals surface area (Å²) in [6.07, 6.45) is 0. The van der Waals surface area contributed by atoms with E-state index in [-0.39, 0.29) is 0 Å². The van der Waals surface area contributed by atoms with Crippen LogP contribution in [0, 0.1) is 0 Å². The first kappa shape index (κ1) is 13.3. The second kappa shape index (κ2) is 6.76. The van der Waals surface area contributed by atoms with E-state index in [0.29, 0.717) is 13.2 Å². The second-order valence-electron chi connectivity index (χ2n) is 3.29. The van der Waals surface area contributed by atoms with Crippen molar-refractivity contribution in [3.05, 3.63) is 22.2 Å². The van der Waals surface area contributed by atoms with Crippen LogP contribution in [-0.4, -0.2) is 20.3 Å². The van der Waals surface area contributed by atoms with Gasteiger partial charge in [0, 0.05) is 11.0 Å². The molecule has 0 aliphatic carbocycles. The summed E-state index contributed by atoms with van der Waals surface area (Å²) in [5.74, 6) is 1.59. The van der Waals surface area contributed by atoms with E-state index in [2.05, 4.69) is 21.2 Å². The van der Waals surface area contributed by atoms with Crippen molar-refractivity contribution in [3.8, 4) is 11.5 Å². The van der Waals surface area contributed by atoms with Gasteiger partial charge in [0.1, 0.15) is 0 Å². The third kappa shape index (κ3) is 3.39. The number of halogens is 1. The molecule has 0 aliphatic heterocycles. The molecule has 1 rings (SSSR count). The van der Waals surface area contributed by atoms with Crippen molar-refractivity contribution in [1.82, 2.24) is 5.32 Å². The molecular formula is C12H18BrNO2. The van der Waals surface area contributed by atoms with Crippen LogP contribution in [0.5, 0.6) is 11.5 Å². The van der Waals surface area contributed by atoms with E-state index < -0.39 is 0 Å². The Bertz CT molecular complexity index is 342. The molecule has 0 aromatic heterocycles. The predicted molar refractivity (Wildman–Crippen MR) is 69.2 cm³/mol. The van der Waals surface area contributed by atoms with Crippen LogP contribution in [-0.2, 0) is 6.54 Å².